The lowest BCUT2D eigenvalue weighted by Crippen LogP contribution is -2.59. The molecule has 0 bridgehead atoms. The van der Waals surface area contributed by atoms with Crippen molar-refractivity contribution in [3.05, 3.63) is 78.5 Å². The summed E-state index contributed by atoms with van der Waals surface area (Å²) in [5, 5.41) is 0. The summed E-state index contributed by atoms with van der Waals surface area (Å²) < 4.78 is 4.93. The van der Waals surface area contributed by atoms with E-state index >= 15 is 0 Å². The third-order valence-electron chi connectivity index (χ3n) is 6.73. The molecule has 2 aromatic carbocycles. The van der Waals surface area contributed by atoms with Crippen LogP contribution in [0.15, 0.2) is 72.9 Å². The quantitative estimate of drug-likeness (QED) is 0.469. The van der Waals surface area contributed by atoms with Gasteiger partial charge < -0.3 is 0 Å². The SMILES string of the molecule is CCC12C=C[C@]1(CC)n1c(-c3ccccc3)c[n+](C)c1-c1ccccc12. The van der Waals surface area contributed by atoms with Gasteiger partial charge in [0.2, 0.25) is 0 Å². The van der Waals surface area contributed by atoms with Crippen molar-refractivity contribution in [3.8, 4) is 22.6 Å². The van der Waals surface area contributed by atoms with Gasteiger partial charge in [0, 0.05) is 5.56 Å². The molecular weight excluding hydrogens is 316 g/mol. The molecule has 1 unspecified atom stereocenters. The Labute approximate surface area is 155 Å². The highest BCUT2D eigenvalue weighted by Gasteiger charge is 2.63. The van der Waals surface area contributed by atoms with E-state index in [-0.39, 0.29) is 11.0 Å². The predicted octanol–water partition coefficient (Wildman–Crippen LogP) is 4.98. The van der Waals surface area contributed by atoms with Crippen LogP contribution in [0.2, 0.25) is 0 Å². The smallest absolute Gasteiger partial charge is 0.232 e. The largest absolute Gasteiger partial charge is 0.290 e. The van der Waals surface area contributed by atoms with Crippen LogP contribution in [0.1, 0.15) is 32.3 Å². The topological polar surface area (TPSA) is 8.81 Å². The van der Waals surface area contributed by atoms with E-state index in [1.807, 2.05) is 0 Å². The lowest BCUT2D eigenvalue weighted by Gasteiger charge is -2.54. The summed E-state index contributed by atoms with van der Waals surface area (Å²) in [5.74, 6) is 1.31. The van der Waals surface area contributed by atoms with Crippen LogP contribution in [-0.4, -0.2) is 4.57 Å². The van der Waals surface area contributed by atoms with Gasteiger partial charge in [-0.1, -0.05) is 68.5 Å². The summed E-state index contributed by atoms with van der Waals surface area (Å²) in [6.07, 6.45) is 9.41. The molecule has 1 aromatic heterocycles. The number of hydrogen-bond donors (Lipinski definition) is 0. The molecule has 130 valence electrons. The van der Waals surface area contributed by atoms with E-state index < -0.39 is 0 Å². The van der Waals surface area contributed by atoms with Gasteiger partial charge in [-0.2, -0.15) is 0 Å². The third-order valence-corrected chi connectivity index (χ3v) is 6.73. The molecule has 2 nitrogen and oxygen atoms in total. The van der Waals surface area contributed by atoms with Crippen LogP contribution in [0.5, 0.6) is 0 Å². The molecule has 3 aromatic rings. The number of aryl methyl sites for hydroxylation is 1. The zero-order valence-corrected chi connectivity index (χ0v) is 15.7. The fourth-order valence-corrected chi connectivity index (χ4v) is 5.45. The Morgan fingerprint density at radius 1 is 0.885 bits per heavy atom. The van der Waals surface area contributed by atoms with Crippen LogP contribution >= 0.6 is 0 Å². The van der Waals surface area contributed by atoms with Gasteiger partial charge >= 0.3 is 0 Å². The number of fused-ring (bicyclic) bond motifs is 6. The molecule has 0 N–H and O–H groups in total. The molecule has 1 aliphatic heterocycles. The van der Waals surface area contributed by atoms with Crippen molar-refractivity contribution < 1.29 is 4.57 Å². The predicted molar refractivity (Wildman–Crippen MR) is 106 cm³/mol. The maximum atomic E-state index is 2.62. The van der Waals surface area contributed by atoms with Gasteiger partial charge in [-0.3, -0.25) is 0 Å². The lowest BCUT2D eigenvalue weighted by molar-refractivity contribution is -0.659. The maximum Gasteiger partial charge on any atom is 0.290 e. The molecule has 2 heteroatoms. The molecule has 2 aliphatic rings. The summed E-state index contributed by atoms with van der Waals surface area (Å²) >= 11 is 0. The number of allylic oxidation sites excluding steroid dienone is 2. The average molecular weight is 341 g/mol. The first kappa shape index (κ1) is 15.6. The summed E-state index contributed by atoms with van der Waals surface area (Å²) in [4.78, 5) is 0. The second kappa shape index (κ2) is 5.20. The molecule has 0 radical (unpaired) electrons. The van der Waals surface area contributed by atoms with E-state index in [1.165, 1.54) is 28.2 Å². The molecular formula is C24H25N2+. The van der Waals surface area contributed by atoms with E-state index in [9.17, 15) is 0 Å². The normalized spacial score (nSPS) is 25.2. The van der Waals surface area contributed by atoms with Crippen LogP contribution in [-0.2, 0) is 18.0 Å². The summed E-state index contributed by atoms with van der Waals surface area (Å²) in [5.41, 5.74) is 5.53. The summed E-state index contributed by atoms with van der Waals surface area (Å²) in [6.45, 7) is 4.67. The summed E-state index contributed by atoms with van der Waals surface area (Å²) in [7, 11) is 2.18. The number of rotatable bonds is 3. The highest BCUT2D eigenvalue weighted by atomic mass is 15.2. The van der Waals surface area contributed by atoms with Crippen LogP contribution in [0.25, 0.3) is 22.6 Å². The number of benzene rings is 2. The number of nitrogens with zero attached hydrogens (tertiary/aromatic N) is 2. The lowest BCUT2D eigenvalue weighted by atomic mass is 9.52. The van der Waals surface area contributed by atoms with Crippen LogP contribution in [0, 0.1) is 0 Å². The molecule has 0 saturated heterocycles. The van der Waals surface area contributed by atoms with Gasteiger partial charge in [0.25, 0.3) is 5.82 Å². The van der Waals surface area contributed by atoms with Gasteiger partial charge in [-0.15, -0.1) is 0 Å². The fraction of sp³-hybridized carbons (Fsp3) is 0.292. The van der Waals surface area contributed by atoms with Crippen molar-refractivity contribution in [2.24, 2.45) is 7.05 Å². The Kier molecular flexibility index (Phi) is 3.13. The van der Waals surface area contributed by atoms with Crippen molar-refractivity contribution in [2.75, 3.05) is 0 Å². The van der Waals surface area contributed by atoms with Gasteiger partial charge in [0.15, 0.2) is 5.69 Å². The van der Waals surface area contributed by atoms with E-state index in [0.29, 0.717) is 0 Å². The Hall–Kier alpha value is -2.61. The van der Waals surface area contributed by atoms with Crippen molar-refractivity contribution >= 4 is 0 Å². The standard InChI is InChI=1S/C24H25N2/c1-4-23-15-16-24(23,5-2)26-21(18-11-7-6-8-12-18)17-25(3)22(26)19-13-9-10-14-20(19)23/h6-17H,4-5H2,1-3H3/q+1/t23?,24-/m0/s1. The molecule has 2 heterocycles. The van der Waals surface area contributed by atoms with Crippen molar-refractivity contribution in [1.29, 1.82) is 0 Å². The highest BCUT2D eigenvalue weighted by Crippen LogP contribution is 2.61. The third kappa shape index (κ3) is 1.61. The minimum atomic E-state index is 0.0118. The van der Waals surface area contributed by atoms with Crippen molar-refractivity contribution in [3.63, 3.8) is 0 Å². The maximum absolute atomic E-state index is 2.62. The molecule has 0 fully saturated rings. The monoisotopic (exact) mass is 341 g/mol. The molecule has 0 amide bonds. The van der Waals surface area contributed by atoms with Crippen LogP contribution < -0.4 is 4.57 Å². The van der Waals surface area contributed by atoms with E-state index in [2.05, 4.69) is 103 Å². The van der Waals surface area contributed by atoms with Crippen molar-refractivity contribution in [1.82, 2.24) is 4.57 Å². The first-order chi connectivity index (χ1) is 12.7. The number of aromatic nitrogens is 2. The average Bonchev–Trinajstić information content (AvgIpc) is 3.01. The van der Waals surface area contributed by atoms with Gasteiger partial charge in [-0.25, -0.2) is 9.13 Å². The fourth-order valence-electron chi connectivity index (χ4n) is 5.45. The Balaban J connectivity index is 1.93. The van der Waals surface area contributed by atoms with Crippen molar-refractivity contribution in [2.45, 2.75) is 37.6 Å². The molecule has 5 rings (SSSR count). The van der Waals surface area contributed by atoms with E-state index in [1.54, 1.807) is 0 Å². The molecule has 0 saturated carbocycles. The Bertz CT molecular complexity index is 1030. The highest BCUT2D eigenvalue weighted by molar-refractivity contribution is 5.73. The minimum absolute atomic E-state index is 0.0118. The Morgan fingerprint density at radius 2 is 1.62 bits per heavy atom. The van der Waals surface area contributed by atoms with E-state index in [4.69, 9.17) is 0 Å². The number of hydrogen-bond acceptors (Lipinski definition) is 0. The van der Waals surface area contributed by atoms with Gasteiger partial charge in [0.1, 0.15) is 11.7 Å². The zero-order chi connectivity index (χ0) is 17.9. The Morgan fingerprint density at radius 3 is 2.27 bits per heavy atom. The minimum Gasteiger partial charge on any atom is -0.232 e. The van der Waals surface area contributed by atoms with Gasteiger partial charge in [0.05, 0.1) is 18.0 Å². The molecule has 1 aliphatic carbocycles. The number of imidazole rings is 1. The van der Waals surface area contributed by atoms with Crippen LogP contribution in [0.3, 0.4) is 0 Å². The van der Waals surface area contributed by atoms with Gasteiger partial charge in [-0.05, 0) is 30.5 Å². The first-order valence-electron chi connectivity index (χ1n) is 9.66. The first-order valence-corrected chi connectivity index (χ1v) is 9.66. The zero-order valence-electron chi connectivity index (χ0n) is 15.7. The molecule has 26 heavy (non-hydrogen) atoms. The van der Waals surface area contributed by atoms with E-state index in [0.717, 1.165) is 12.8 Å². The second-order valence-corrected chi connectivity index (χ2v) is 7.63. The van der Waals surface area contributed by atoms with Crippen LogP contribution in [0.4, 0.5) is 0 Å². The second-order valence-electron chi connectivity index (χ2n) is 7.63. The molecule has 0 spiro atoms. The molecule has 2 atom stereocenters. The summed E-state index contributed by atoms with van der Waals surface area (Å²) in [6, 6.07) is 19.8.